The van der Waals surface area contributed by atoms with Crippen molar-refractivity contribution in [1.82, 2.24) is 4.98 Å². The van der Waals surface area contributed by atoms with Gasteiger partial charge in [-0.2, -0.15) is 5.26 Å². The van der Waals surface area contributed by atoms with Gasteiger partial charge in [0, 0.05) is 5.69 Å². The van der Waals surface area contributed by atoms with E-state index >= 15 is 0 Å². The van der Waals surface area contributed by atoms with E-state index in [1.54, 1.807) is 12.1 Å². The molecule has 1 N–H and O–H groups in total. The Morgan fingerprint density at radius 1 is 1.50 bits per heavy atom. The van der Waals surface area contributed by atoms with Crippen LogP contribution >= 0.6 is 0 Å². The normalized spacial score (nSPS) is 11.8. The Kier molecular flexibility index (Phi) is 4.67. The first kappa shape index (κ1) is 14.0. The standard InChI is InChI=1S/C13H17N3O2/c1-8(2)11(13(17)18-4)16-12-10(7-14)6-5-9(3)15-12/h5-6,8,11H,1-4H3,(H,15,16). The number of pyridine rings is 1. The lowest BCUT2D eigenvalue weighted by molar-refractivity contribution is -0.142. The lowest BCUT2D eigenvalue weighted by atomic mass is 10.0. The fourth-order valence-corrected chi connectivity index (χ4v) is 1.53. The van der Waals surface area contributed by atoms with Gasteiger partial charge in [-0.3, -0.25) is 0 Å². The van der Waals surface area contributed by atoms with Crippen LogP contribution in [0.1, 0.15) is 25.1 Å². The number of esters is 1. The smallest absolute Gasteiger partial charge is 0.328 e. The van der Waals surface area contributed by atoms with Crippen LogP contribution in [0.3, 0.4) is 0 Å². The maximum absolute atomic E-state index is 11.6. The molecule has 5 heteroatoms. The van der Waals surface area contributed by atoms with Crippen LogP contribution < -0.4 is 5.32 Å². The van der Waals surface area contributed by atoms with Gasteiger partial charge in [0.05, 0.1) is 12.7 Å². The number of carbonyl (C=O) groups is 1. The van der Waals surface area contributed by atoms with Crippen molar-refractivity contribution in [3.05, 3.63) is 23.4 Å². The van der Waals surface area contributed by atoms with Gasteiger partial charge < -0.3 is 10.1 Å². The predicted molar refractivity (Wildman–Crippen MR) is 68.0 cm³/mol. The first-order valence-electron chi connectivity index (χ1n) is 5.71. The Labute approximate surface area is 107 Å². The molecule has 0 aliphatic heterocycles. The highest BCUT2D eigenvalue weighted by molar-refractivity contribution is 5.79. The SMILES string of the molecule is COC(=O)C(Nc1nc(C)ccc1C#N)C(C)C. The number of hydrogen-bond acceptors (Lipinski definition) is 5. The molecule has 5 nitrogen and oxygen atoms in total. The summed E-state index contributed by atoms with van der Waals surface area (Å²) >= 11 is 0. The second-order valence-corrected chi connectivity index (χ2v) is 4.35. The van der Waals surface area contributed by atoms with Crippen molar-refractivity contribution >= 4 is 11.8 Å². The van der Waals surface area contributed by atoms with Gasteiger partial charge in [-0.25, -0.2) is 9.78 Å². The number of rotatable bonds is 4. The Bertz CT molecular complexity index is 478. The van der Waals surface area contributed by atoms with Crippen LogP contribution in [-0.2, 0) is 9.53 Å². The maximum atomic E-state index is 11.6. The van der Waals surface area contributed by atoms with Gasteiger partial charge >= 0.3 is 5.97 Å². The summed E-state index contributed by atoms with van der Waals surface area (Å²) in [6.07, 6.45) is 0. The Morgan fingerprint density at radius 2 is 2.17 bits per heavy atom. The summed E-state index contributed by atoms with van der Waals surface area (Å²) in [6.45, 7) is 5.63. The molecule has 0 aromatic carbocycles. The van der Waals surface area contributed by atoms with Crippen molar-refractivity contribution in [2.45, 2.75) is 26.8 Å². The van der Waals surface area contributed by atoms with E-state index in [9.17, 15) is 4.79 Å². The number of aryl methyl sites for hydroxylation is 1. The van der Waals surface area contributed by atoms with Gasteiger partial charge in [-0.05, 0) is 25.0 Å². The van der Waals surface area contributed by atoms with Gasteiger partial charge in [0.15, 0.2) is 0 Å². The fraction of sp³-hybridized carbons (Fsp3) is 0.462. The minimum Gasteiger partial charge on any atom is -0.467 e. The van der Waals surface area contributed by atoms with Crippen LogP contribution in [0.2, 0.25) is 0 Å². The molecule has 0 aliphatic carbocycles. The summed E-state index contributed by atoms with van der Waals surface area (Å²) in [4.78, 5) is 15.9. The van der Waals surface area contributed by atoms with Crippen molar-refractivity contribution in [2.75, 3.05) is 12.4 Å². The lowest BCUT2D eigenvalue weighted by Gasteiger charge is -2.21. The number of methoxy groups -OCH3 is 1. The first-order chi connectivity index (χ1) is 8.49. The topological polar surface area (TPSA) is 75.0 Å². The minimum absolute atomic E-state index is 0.0336. The monoisotopic (exact) mass is 247 g/mol. The molecule has 0 saturated heterocycles. The number of carbonyl (C=O) groups excluding carboxylic acids is 1. The number of nitrogens with zero attached hydrogens (tertiary/aromatic N) is 2. The zero-order valence-electron chi connectivity index (χ0n) is 11.0. The van der Waals surface area contributed by atoms with Crippen LogP contribution in [0.15, 0.2) is 12.1 Å². The Balaban J connectivity index is 3.04. The van der Waals surface area contributed by atoms with E-state index < -0.39 is 6.04 Å². The number of nitriles is 1. The summed E-state index contributed by atoms with van der Waals surface area (Å²) in [5, 5.41) is 12.0. The fourth-order valence-electron chi connectivity index (χ4n) is 1.53. The third-order valence-electron chi connectivity index (χ3n) is 2.57. The van der Waals surface area contributed by atoms with Gasteiger partial charge in [-0.1, -0.05) is 13.8 Å². The van der Waals surface area contributed by atoms with E-state index in [0.29, 0.717) is 11.4 Å². The van der Waals surface area contributed by atoms with Crippen molar-refractivity contribution in [3.8, 4) is 6.07 Å². The van der Waals surface area contributed by atoms with Gasteiger partial charge in [0.1, 0.15) is 17.9 Å². The van der Waals surface area contributed by atoms with E-state index in [-0.39, 0.29) is 11.9 Å². The summed E-state index contributed by atoms with van der Waals surface area (Å²) < 4.78 is 4.74. The number of ether oxygens (including phenoxy) is 1. The van der Waals surface area contributed by atoms with Gasteiger partial charge in [0.25, 0.3) is 0 Å². The van der Waals surface area contributed by atoms with Crippen molar-refractivity contribution in [2.24, 2.45) is 5.92 Å². The van der Waals surface area contributed by atoms with Crippen LogP contribution in [0, 0.1) is 24.2 Å². The zero-order chi connectivity index (χ0) is 13.7. The first-order valence-corrected chi connectivity index (χ1v) is 5.71. The molecule has 1 unspecified atom stereocenters. The van der Waals surface area contributed by atoms with Crippen LogP contribution in [0.5, 0.6) is 0 Å². The van der Waals surface area contributed by atoms with Gasteiger partial charge in [0.2, 0.25) is 0 Å². The molecular formula is C13H17N3O2. The molecule has 1 atom stereocenters. The summed E-state index contributed by atoms with van der Waals surface area (Å²) in [6, 6.07) is 4.97. The van der Waals surface area contributed by atoms with Crippen LogP contribution in [0.25, 0.3) is 0 Å². The highest BCUT2D eigenvalue weighted by atomic mass is 16.5. The Hall–Kier alpha value is -2.09. The molecule has 18 heavy (non-hydrogen) atoms. The lowest BCUT2D eigenvalue weighted by Crippen LogP contribution is -2.36. The highest BCUT2D eigenvalue weighted by Gasteiger charge is 2.24. The molecule has 0 fully saturated rings. The van der Waals surface area contributed by atoms with Crippen molar-refractivity contribution in [1.29, 1.82) is 5.26 Å². The molecule has 1 aromatic rings. The average Bonchev–Trinajstić information content (AvgIpc) is 2.34. The molecule has 0 aliphatic rings. The van der Waals surface area contributed by atoms with E-state index in [0.717, 1.165) is 5.69 Å². The van der Waals surface area contributed by atoms with Crippen molar-refractivity contribution < 1.29 is 9.53 Å². The molecule has 96 valence electrons. The molecular weight excluding hydrogens is 230 g/mol. The number of anilines is 1. The van der Waals surface area contributed by atoms with Crippen LogP contribution in [-0.4, -0.2) is 24.1 Å². The van der Waals surface area contributed by atoms with E-state index in [4.69, 9.17) is 10.00 Å². The molecule has 0 bridgehead atoms. The maximum Gasteiger partial charge on any atom is 0.328 e. The molecule has 1 rings (SSSR count). The van der Waals surface area contributed by atoms with Crippen LogP contribution in [0.4, 0.5) is 5.82 Å². The number of hydrogen-bond donors (Lipinski definition) is 1. The van der Waals surface area contributed by atoms with E-state index in [1.165, 1.54) is 7.11 Å². The number of nitrogens with one attached hydrogen (secondary N) is 1. The predicted octanol–water partition coefficient (Wildman–Crippen LogP) is 1.87. The Morgan fingerprint density at radius 3 is 2.67 bits per heavy atom. The highest BCUT2D eigenvalue weighted by Crippen LogP contribution is 2.16. The van der Waals surface area contributed by atoms with Crippen molar-refractivity contribution in [3.63, 3.8) is 0 Å². The van der Waals surface area contributed by atoms with Gasteiger partial charge in [-0.15, -0.1) is 0 Å². The zero-order valence-corrected chi connectivity index (χ0v) is 11.0. The number of aromatic nitrogens is 1. The summed E-state index contributed by atoms with van der Waals surface area (Å²) in [5.74, 6) is 0.0881. The quantitative estimate of drug-likeness (QED) is 0.822. The molecule has 0 radical (unpaired) electrons. The molecule has 0 saturated carbocycles. The third kappa shape index (κ3) is 3.20. The summed E-state index contributed by atoms with van der Waals surface area (Å²) in [7, 11) is 1.34. The van der Waals surface area contributed by atoms with E-state index in [2.05, 4.69) is 10.3 Å². The second kappa shape index (κ2) is 6.01. The molecule has 1 aromatic heterocycles. The second-order valence-electron chi connectivity index (χ2n) is 4.35. The minimum atomic E-state index is -0.517. The molecule has 0 amide bonds. The molecule has 0 spiro atoms. The summed E-state index contributed by atoms with van der Waals surface area (Å²) in [5.41, 5.74) is 1.19. The third-order valence-corrected chi connectivity index (χ3v) is 2.57. The van der Waals surface area contributed by atoms with E-state index in [1.807, 2.05) is 26.8 Å². The largest absolute Gasteiger partial charge is 0.467 e. The molecule has 1 heterocycles. The average molecular weight is 247 g/mol.